The zero-order chi connectivity index (χ0) is 25.4. The quantitative estimate of drug-likeness (QED) is 0.226. The summed E-state index contributed by atoms with van der Waals surface area (Å²) < 4.78 is 29.0. The average molecular weight is 501 g/mol. The van der Waals surface area contributed by atoms with Crippen molar-refractivity contribution in [3.8, 4) is 23.0 Å². The summed E-state index contributed by atoms with van der Waals surface area (Å²) in [7, 11) is 1.44. The molecular formula is C27H29ClO7. The summed E-state index contributed by atoms with van der Waals surface area (Å²) in [6.07, 6.45) is 0.410. The van der Waals surface area contributed by atoms with E-state index in [1.165, 1.54) is 14.0 Å². The molecule has 0 N–H and O–H groups in total. The molecule has 7 nitrogen and oxygen atoms in total. The molecule has 0 fully saturated rings. The van der Waals surface area contributed by atoms with Gasteiger partial charge < -0.3 is 23.7 Å². The molecule has 8 heteroatoms. The third-order valence-electron chi connectivity index (χ3n) is 4.99. The van der Waals surface area contributed by atoms with Crippen molar-refractivity contribution < 1.29 is 33.3 Å². The average Bonchev–Trinajstić information content (AvgIpc) is 2.84. The van der Waals surface area contributed by atoms with Crippen molar-refractivity contribution in [3.63, 3.8) is 0 Å². The topological polar surface area (TPSA) is 80.3 Å². The lowest BCUT2D eigenvalue weighted by molar-refractivity contribution is -0.146. The van der Waals surface area contributed by atoms with Crippen LogP contribution in [0.25, 0.3) is 10.8 Å². The van der Waals surface area contributed by atoms with Gasteiger partial charge in [0, 0.05) is 29.8 Å². The van der Waals surface area contributed by atoms with Crippen molar-refractivity contribution in [3.05, 3.63) is 59.1 Å². The van der Waals surface area contributed by atoms with E-state index in [-0.39, 0.29) is 23.0 Å². The second-order valence-corrected chi connectivity index (χ2v) is 8.18. The summed E-state index contributed by atoms with van der Waals surface area (Å²) in [5, 5.41) is 1.32. The van der Waals surface area contributed by atoms with Crippen LogP contribution in [0.1, 0.15) is 45.3 Å². The lowest BCUT2D eigenvalue weighted by atomic mass is 10.1. The number of hydrogen-bond acceptors (Lipinski definition) is 7. The Morgan fingerprint density at radius 2 is 1.43 bits per heavy atom. The molecule has 0 aliphatic heterocycles. The van der Waals surface area contributed by atoms with Gasteiger partial charge in [-0.25, -0.2) is 4.79 Å². The minimum Gasteiger partial charge on any atom is -0.486 e. The molecule has 0 amide bonds. The third-order valence-corrected chi connectivity index (χ3v) is 5.23. The van der Waals surface area contributed by atoms with E-state index in [1.807, 2.05) is 32.0 Å². The molecule has 186 valence electrons. The van der Waals surface area contributed by atoms with Crippen molar-refractivity contribution in [2.75, 3.05) is 20.3 Å². The van der Waals surface area contributed by atoms with Crippen molar-refractivity contribution in [2.45, 2.75) is 39.7 Å². The normalized spacial score (nSPS) is 11.7. The number of carbonyl (C=O) groups excluding carboxylic acids is 2. The highest BCUT2D eigenvalue weighted by atomic mass is 35.5. The van der Waals surface area contributed by atoms with E-state index < -0.39 is 18.0 Å². The van der Waals surface area contributed by atoms with Gasteiger partial charge in [-0.1, -0.05) is 55.8 Å². The van der Waals surface area contributed by atoms with Crippen LogP contribution in [0.3, 0.4) is 0 Å². The minimum absolute atomic E-state index is 0.134. The first kappa shape index (κ1) is 26.3. The monoisotopic (exact) mass is 500 g/mol. The van der Waals surface area contributed by atoms with Crippen molar-refractivity contribution in [1.29, 1.82) is 0 Å². The number of fused-ring (bicyclic) bond motifs is 1. The smallest absolute Gasteiger partial charge is 0.345 e. The summed E-state index contributed by atoms with van der Waals surface area (Å²) >= 11 is 6.28. The van der Waals surface area contributed by atoms with E-state index in [1.54, 1.807) is 30.3 Å². The molecule has 0 aliphatic carbocycles. The molecule has 0 heterocycles. The van der Waals surface area contributed by atoms with Crippen LogP contribution >= 0.6 is 11.6 Å². The first-order valence-corrected chi connectivity index (χ1v) is 11.8. The van der Waals surface area contributed by atoms with Gasteiger partial charge in [0.15, 0.2) is 17.6 Å². The zero-order valence-corrected chi connectivity index (χ0v) is 21.0. The van der Waals surface area contributed by atoms with Gasteiger partial charge in [0.05, 0.1) is 13.2 Å². The van der Waals surface area contributed by atoms with E-state index in [0.717, 1.165) is 0 Å². The lowest BCUT2D eigenvalue weighted by Gasteiger charge is -2.22. The standard InChI is InChI=1S/C27H29ClO7/c1-5-14-32-25-23(35-27(30)22(31-4)18-10-8-7-9-11-18)20-13-12-19(28)16-21(20)24(34-17(3)29)26(25)33-15-6-2/h7-13,16,22H,5-6,14-15H2,1-4H3. The molecule has 3 rings (SSSR count). The molecule has 0 bridgehead atoms. The van der Waals surface area contributed by atoms with E-state index in [4.69, 9.17) is 35.3 Å². The summed E-state index contributed by atoms with van der Waals surface area (Å²) in [6.45, 7) is 5.82. The number of rotatable bonds is 11. The summed E-state index contributed by atoms with van der Waals surface area (Å²) in [5.74, 6) is -0.555. The lowest BCUT2D eigenvalue weighted by Crippen LogP contribution is -2.21. The Balaban J connectivity index is 2.24. The number of halogens is 1. The molecule has 1 atom stereocenters. The summed E-state index contributed by atoms with van der Waals surface area (Å²) in [6, 6.07) is 14.0. The molecule has 0 saturated heterocycles. The van der Waals surface area contributed by atoms with Gasteiger partial charge in [-0.3, -0.25) is 4.79 Å². The van der Waals surface area contributed by atoms with Crippen molar-refractivity contribution in [2.24, 2.45) is 0 Å². The molecule has 0 saturated carbocycles. The molecule has 0 radical (unpaired) electrons. The number of benzene rings is 3. The Morgan fingerprint density at radius 1 is 0.829 bits per heavy atom. The van der Waals surface area contributed by atoms with Crippen LogP contribution in [-0.4, -0.2) is 32.3 Å². The Bertz CT molecular complexity index is 1180. The van der Waals surface area contributed by atoms with Gasteiger partial charge in [-0.05, 0) is 36.6 Å². The van der Waals surface area contributed by atoms with E-state index in [9.17, 15) is 9.59 Å². The maximum absolute atomic E-state index is 13.3. The molecule has 0 aromatic heterocycles. The molecule has 0 spiro atoms. The predicted molar refractivity (Wildman–Crippen MR) is 134 cm³/mol. The van der Waals surface area contributed by atoms with Gasteiger partial charge in [-0.15, -0.1) is 0 Å². The zero-order valence-electron chi connectivity index (χ0n) is 20.3. The first-order valence-electron chi connectivity index (χ1n) is 11.4. The number of esters is 2. The maximum Gasteiger partial charge on any atom is 0.345 e. The molecule has 3 aromatic carbocycles. The molecule has 0 aliphatic rings. The maximum atomic E-state index is 13.3. The van der Waals surface area contributed by atoms with Crippen LogP contribution in [-0.2, 0) is 14.3 Å². The van der Waals surface area contributed by atoms with E-state index >= 15 is 0 Å². The van der Waals surface area contributed by atoms with Crippen LogP contribution in [0, 0.1) is 0 Å². The highest BCUT2D eigenvalue weighted by Gasteiger charge is 2.30. The summed E-state index contributed by atoms with van der Waals surface area (Å²) in [4.78, 5) is 25.3. The van der Waals surface area contributed by atoms with Gasteiger partial charge in [0.1, 0.15) is 0 Å². The van der Waals surface area contributed by atoms with E-state index in [2.05, 4.69) is 0 Å². The summed E-state index contributed by atoms with van der Waals surface area (Å²) in [5.41, 5.74) is 0.641. The Kier molecular flexibility index (Phi) is 9.34. The predicted octanol–water partition coefficient (Wildman–Crippen LogP) is 6.29. The number of carbonyl (C=O) groups is 2. The van der Waals surface area contributed by atoms with Crippen LogP contribution in [0.15, 0.2) is 48.5 Å². The van der Waals surface area contributed by atoms with Gasteiger partial charge in [0.25, 0.3) is 0 Å². The number of methoxy groups -OCH3 is 1. The highest BCUT2D eigenvalue weighted by Crippen LogP contribution is 2.52. The van der Waals surface area contributed by atoms with Crippen molar-refractivity contribution in [1.82, 2.24) is 0 Å². The van der Waals surface area contributed by atoms with Crippen LogP contribution in [0.4, 0.5) is 0 Å². The SMILES string of the molecule is CCCOc1c(OCCC)c(OC(=O)C(OC)c2ccccc2)c2ccc(Cl)cc2c1OC(C)=O. The Labute approximate surface area is 209 Å². The van der Waals surface area contributed by atoms with Gasteiger partial charge in [0.2, 0.25) is 11.5 Å². The molecule has 35 heavy (non-hydrogen) atoms. The highest BCUT2D eigenvalue weighted by molar-refractivity contribution is 6.31. The van der Waals surface area contributed by atoms with Crippen LogP contribution < -0.4 is 18.9 Å². The minimum atomic E-state index is -0.967. The van der Waals surface area contributed by atoms with Crippen molar-refractivity contribution >= 4 is 34.3 Å². The fraction of sp³-hybridized carbons (Fsp3) is 0.333. The Morgan fingerprint density at radius 3 is 1.97 bits per heavy atom. The fourth-order valence-corrected chi connectivity index (χ4v) is 3.69. The van der Waals surface area contributed by atoms with Gasteiger partial charge >= 0.3 is 11.9 Å². The van der Waals surface area contributed by atoms with Crippen LogP contribution in [0.5, 0.6) is 23.0 Å². The second kappa shape index (κ2) is 12.4. The Hall–Kier alpha value is -3.29. The van der Waals surface area contributed by atoms with Gasteiger partial charge in [-0.2, -0.15) is 0 Å². The fourth-order valence-electron chi connectivity index (χ4n) is 3.52. The molecule has 3 aromatic rings. The molecule has 1 unspecified atom stereocenters. The third kappa shape index (κ3) is 6.24. The second-order valence-electron chi connectivity index (χ2n) is 7.74. The number of ether oxygens (including phenoxy) is 5. The largest absolute Gasteiger partial charge is 0.486 e. The van der Waals surface area contributed by atoms with Crippen LogP contribution in [0.2, 0.25) is 5.02 Å². The van der Waals surface area contributed by atoms with E-state index in [0.29, 0.717) is 47.4 Å². The molecular weight excluding hydrogens is 472 g/mol. The number of hydrogen-bond donors (Lipinski definition) is 0. The first-order chi connectivity index (χ1) is 16.9.